The zero-order valence-corrected chi connectivity index (χ0v) is 12.8. The van der Waals surface area contributed by atoms with Crippen molar-refractivity contribution in [2.45, 2.75) is 58.1 Å². The molecule has 0 aromatic carbocycles. The highest BCUT2D eigenvalue weighted by Gasteiger charge is 2.59. The van der Waals surface area contributed by atoms with Gasteiger partial charge in [-0.05, 0) is 44.7 Å². The zero-order valence-electron chi connectivity index (χ0n) is 12.8. The number of nitrogens with one attached hydrogen (secondary N) is 2. The Hall–Kier alpha value is -0.610. The van der Waals surface area contributed by atoms with Gasteiger partial charge in [-0.1, -0.05) is 13.8 Å². The van der Waals surface area contributed by atoms with Gasteiger partial charge in [0, 0.05) is 30.4 Å². The zero-order chi connectivity index (χ0) is 14.2. The fourth-order valence-electron chi connectivity index (χ4n) is 4.37. The maximum Gasteiger partial charge on any atom is 0.220 e. The summed E-state index contributed by atoms with van der Waals surface area (Å²) in [5.74, 6) is 1.53. The van der Waals surface area contributed by atoms with E-state index in [1.54, 1.807) is 0 Å². The maximum absolute atomic E-state index is 12.2. The molecule has 2 saturated heterocycles. The second-order valence-electron chi connectivity index (χ2n) is 7.34. The third-order valence-electron chi connectivity index (χ3n) is 5.66. The lowest BCUT2D eigenvalue weighted by atomic mass is 9.57. The van der Waals surface area contributed by atoms with Gasteiger partial charge >= 0.3 is 0 Å². The van der Waals surface area contributed by atoms with E-state index >= 15 is 0 Å². The summed E-state index contributed by atoms with van der Waals surface area (Å²) in [5, 5.41) is 6.66. The van der Waals surface area contributed by atoms with Gasteiger partial charge < -0.3 is 15.4 Å². The van der Waals surface area contributed by atoms with Crippen LogP contribution in [0.1, 0.15) is 46.0 Å². The minimum absolute atomic E-state index is 0.103. The molecule has 4 nitrogen and oxygen atoms in total. The molecule has 3 unspecified atom stereocenters. The van der Waals surface area contributed by atoms with Crippen molar-refractivity contribution in [2.24, 2.45) is 17.3 Å². The van der Waals surface area contributed by atoms with Crippen LogP contribution in [0.15, 0.2) is 0 Å². The third-order valence-corrected chi connectivity index (χ3v) is 5.66. The Morgan fingerprint density at radius 2 is 2.05 bits per heavy atom. The largest absolute Gasteiger partial charge is 0.377 e. The van der Waals surface area contributed by atoms with E-state index in [4.69, 9.17) is 4.74 Å². The molecule has 0 aromatic rings. The predicted molar refractivity (Wildman–Crippen MR) is 78.4 cm³/mol. The monoisotopic (exact) mass is 280 g/mol. The molecule has 0 radical (unpaired) electrons. The molecule has 20 heavy (non-hydrogen) atoms. The number of rotatable bonds is 4. The van der Waals surface area contributed by atoms with Gasteiger partial charge in [0.25, 0.3) is 0 Å². The first-order valence-corrected chi connectivity index (χ1v) is 8.20. The summed E-state index contributed by atoms with van der Waals surface area (Å²) in [6.45, 7) is 7.53. The smallest absolute Gasteiger partial charge is 0.220 e. The Labute approximate surface area is 122 Å². The topological polar surface area (TPSA) is 50.4 Å². The lowest BCUT2D eigenvalue weighted by Crippen LogP contribution is -2.66. The van der Waals surface area contributed by atoms with E-state index in [0.717, 1.165) is 38.5 Å². The van der Waals surface area contributed by atoms with Gasteiger partial charge in [0.2, 0.25) is 5.91 Å². The molecule has 1 saturated carbocycles. The van der Waals surface area contributed by atoms with Crippen molar-refractivity contribution in [1.82, 2.24) is 10.6 Å². The molecule has 2 heterocycles. The summed E-state index contributed by atoms with van der Waals surface area (Å²) in [5.41, 5.74) is 0.103. The lowest BCUT2D eigenvalue weighted by molar-refractivity contribution is -0.138. The number of amides is 1. The molecule has 1 aliphatic carbocycles. The highest BCUT2D eigenvalue weighted by atomic mass is 16.5. The average Bonchev–Trinajstić information content (AvgIpc) is 2.91. The fraction of sp³-hybridized carbons (Fsp3) is 0.938. The minimum atomic E-state index is 0.103. The van der Waals surface area contributed by atoms with E-state index in [2.05, 4.69) is 24.5 Å². The Morgan fingerprint density at radius 3 is 2.80 bits per heavy atom. The van der Waals surface area contributed by atoms with Gasteiger partial charge in [-0.15, -0.1) is 0 Å². The van der Waals surface area contributed by atoms with Gasteiger partial charge in [-0.25, -0.2) is 0 Å². The predicted octanol–water partition coefficient (Wildman–Crippen LogP) is 1.70. The molecule has 3 aliphatic rings. The first-order chi connectivity index (χ1) is 9.59. The Morgan fingerprint density at radius 1 is 1.30 bits per heavy atom. The van der Waals surface area contributed by atoms with Crippen molar-refractivity contribution in [3.05, 3.63) is 0 Å². The number of carbonyl (C=O) groups is 1. The van der Waals surface area contributed by atoms with Crippen LogP contribution in [0.3, 0.4) is 0 Å². The number of hydrogen-bond acceptors (Lipinski definition) is 3. The van der Waals surface area contributed by atoms with Crippen molar-refractivity contribution < 1.29 is 9.53 Å². The molecule has 1 amide bonds. The molecule has 3 fully saturated rings. The van der Waals surface area contributed by atoms with Crippen molar-refractivity contribution in [2.75, 3.05) is 19.7 Å². The number of ether oxygens (including phenoxy) is 1. The van der Waals surface area contributed by atoms with Crippen LogP contribution in [-0.4, -0.2) is 37.7 Å². The molecule has 0 spiro atoms. The van der Waals surface area contributed by atoms with Crippen molar-refractivity contribution in [3.8, 4) is 0 Å². The molecule has 0 bridgehead atoms. The molecule has 2 aliphatic heterocycles. The number of fused-ring (bicyclic) bond motifs is 1. The first kappa shape index (κ1) is 14.3. The summed E-state index contributed by atoms with van der Waals surface area (Å²) in [6.07, 6.45) is 5.65. The van der Waals surface area contributed by atoms with Gasteiger partial charge in [0.05, 0.1) is 6.10 Å². The highest BCUT2D eigenvalue weighted by molar-refractivity contribution is 5.76. The van der Waals surface area contributed by atoms with E-state index in [1.807, 2.05) is 0 Å². The van der Waals surface area contributed by atoms with Crippen LogP contribution in [0.5, 0.6) is 0 Å². The van der Waals surface area contributed by atoms with Crippen LogP contribution in [0.2, 0.25) is 0 Å². The van der Waals surface area contributed by atoms with Crippen LogP contribution in [-0.2, 0) is 9.53 Å². The van der Waals surface area contributed by atoms with E-state index in [9.17, 15) is 4.79 Å². The van der Waals surface area contributed by atoms with Crippen molar-refractivity contribution in [3.63, 3.8) is 0 Å². The van der Waals surface area contributed by atoms with E-state index < -0.39 is 0 Å². The van der Waals surface area contributed by atoms with E-state index in [1.165, 1.54) is 12.8 Å². The SMILES string of the molecule is CC1(C)C(NC(=O)CCC2CCNCC2)C2CCOC21. The highest BCUT2D eigenvalue weighted by Crippen LogP contribution is 2.52. The molecule has 0 aromatic heterocycles. The molecular formula is C16H28N2O2. The van der Waals surface area contributed by atoms with Crippen LogP contribution >= 0.6 is 0 Å². The second-order valence-corrected chi connectivity index (χ2v) is 7.34. The van der Waals surface area contributed by atoms with Crippen LogP contribution in [0.4, 0.5) is 0 Å². The van der Waals surface area contributed by atoms with Gasteiger partial charge in [-0.2, -0.15) is 0 Å². The molecule has 4 heteroatoms. The molecular weight excluding hydrogens is 252 g/mol. The molecule has 2 N–H and O–H groups in total. The van der Waals surface area contributed by atoms with Crippen molar-refractivity contribution in [1.29, 1.82) is 0 Å². The molecule has 3 rings (SSSR count). The second kappa shape index (κ2) is 5.64. The summed E-state index contributed by atoms with van der Waals surface area (Å²) in [4.78, 5) is 12.2. The average molecular weight is 280 g/mol. The van der Waals surface area contributed by atoms with Gasteiger partial charge in [0.1, 0.15) is 0 Å². The van der Waals surface area contributed by atoms with Crippen LogP contribution in [0.25, 0.3) is 0 Å². The number of hydrogen-bond donors (Lipinski definition) is 2. The minimum Gasteiger partial charge on any atom is -0.377 e. The summed E-state index contributed by atoms with van der Waals surface area (Å²) in [7, 11) is 0. The summed E-state index contributed by atoms with van der Waals surface area (Å²) >= 11 is 0. The number of piperidine rings is 1. The normalized spacial score (nSPS) is 36.2. The lowest BCUT2D eigenvalue weighted by Gasteiger charge is -2.54. The maximum atomic E-state index is 12.2. The quantitative estimate of drug-likeness (QED) is 0.824. The number of carbonyl (C=O) groups excluding carboxylic acids is 1. The van der Waals surface area contributed by atoms with E-state index in [-0.39, 0.29) is 11.3 Å². The Bertz CT molecular complexity index is 363. The van der Waals surface area contributed by atoms with Gasteiger partial charge in [0.15, 0.2) is 0 Å². The van der Waals surface area contributed by atoms with E-state index in [0.29, 0.717) is 24.5 Å². The van der Waals surface area contributed by atoms with Crippen LogP contribution in [0, 0.1) is 17.3 Å². The Balaban J connectivity index is 1.44. The molecule has 114 valence electrons. The Kier molecular flexibility index (Phi) is 4.04. The van der Waals surface area contributed by atoms with Crippen molar-refractivity contribution >= 4 is 5.91 Å². The molecule has 3 atom stereocenters. The third kappa shape index (κ3) is 2.60. The first-order valence-electron chi connectivity index (χ1n) is 8.20. The van der Waals surface area contributed by atoms with Crippen LogP contribution < -0.4 is 10.6 Å². The summed E-state index contributed by atoms with van der Waals surface area (Å²) in [6, 6.07) is 0.315. The van der Waals surface area contributed by atoms with Gasteiger partial charge in [-0.3, -0.25) is 4.79 Å². The standard InChI is InChI=1S/C16H28N2O2/c1-16(2)14(12-7-10-20-15(12)16)18-13(19)4-3-11-5-8-17-9-6-11/h11-12,14-15,17H,3-10H2,1-2H3,(H,18,19). The fourth-order valence-corrected chi connectivity index (χ4v) is 4.37. The summed E-state index contributed by atoms with van der Waals surface area (Å²) < 4.78 is 5.78.